The van der Waals surface area contributed by atoms with E-state index in [0.717, 1.165) is 18.4 Å². The van der Waals surface area contributed by atoms with Gasteiger partial charge in [0, 0.05) is 31.2 Å². The van der Waals surface area contributed by atoms with Crippen molar-refractivity contribution in [2.75, 3.05) is 19.6 Å². The van der Waals surface area contributed by atoms with Crippen molar-refractivity contribution < 1.29 is 18.7 Å². The highest BCUT2D eigenvalue weighted by atomic mass is 19.1. The Morgan fingerprint density at radius 3 is 2.31 bits per heavy atom. The first-order chi connectivity index (χ1) is 17.1. The van der Waals surface area contributed by atoms with Crippen LogP contribution in [-0.2, 0) is 10.5 Å². The summed E-state index contributed by atoms with van der Waals surface area (Å²) in [6, 6.07) is 12.5. The van der Waals surface area contributed by atoms with Crippen LogP contribution in [0.5, 0.6) is 0 Å². The van der Waals surface area contributed by atoms with E-state index < -0.39 is 17.8 Å². The maximum absolute atomic E-state index is 13.5. The van der Waals surface area contributed by atoms with E-state index in [1.54, 1.807) is 35.8 Å². The van der Waals surface area contributed by atoms with E-state index >= 15 is 0 Å². The van der Waals surface area contributed by atoms with Gasteiger partial charge in [-0.2, -0.15) is 0 Å². The second-order valence-corrected chi connectivity index (χ2v) is 9.60. The fraction of sp³-hybridized carbons (Fsp3) is 0.423. The number of nitrogens with zero attached hydrogens (tertiary/aromatic N) is 3. The number of hydrogen-bond donors (Lipinski definition) is 2. The lowest BCUT2D eigenvalue weighted by molar-refractivity contribution is -0.116. The zero-order valence-corrected chi connectivity index (χ0v) is 20.7. The Kier molecular flexibility index (Phi) is 7.16. The first kappa shape index (κ1) is 25.4. The number of carbonyl (C=O) groups excluding carboxylic acids is 2. The summed E-state index contributed by atoms with van der Waals surface area (Å²) in [5, 5.41) is 2.92. The van der Waals surface area contributed by atoms with Gasteiger partial charge in [0.25, 0.3) is 0 Å². The number of carbonyl (C=O) groups is 2. The summed E-state index contributed by atoms with van der Waals surface area (Å²) < 4.78 is 21.8. The third-order valence-corrected chi connectivity index (χ3v) is 6.94. The Morgan fingerprint density at radius 2 is 1.72 bits per heavy atom. The molecule has 0 spiro atoms. The molecule has 0 saturated carbocycles. The molecule has 36 heavy (non-hydrogen) atoms. The third kappa shape index (κ3) is 4.86. The SMILES string of the molecule is CC(C)n1c(=O)n(C(=O)NCC2CCN(C(C)(OC(N)=O)c3ccc(F)cc3)CC2)c2ccccc21. The molecule has 3 N–H and O–H groups in total. The molecule has 1 aliphatic heterocycles. The van der Waals surface area contributed by atoms with Gasteiger partial charge in [0.15, 0.2) is 5.72 Å². The van der Waals surface area contributed by atoms with Gasteiger partial charge in [-0.15, -0.1) is 0 Å². The predicted octanol–water partition coefficient (Wildman–Crippen LogP) is 3.76. The molecule has 2 aromatic carbocycles. The first-order valence-electron chi connectivity index (χ1n) is 12.1. The van der Waals surface area contributed by atoms with Crippen molar-refractivity contribution in [1.29, 1.82) is 0 Å². The summed E-state index contributed by atoms with van der Waals surface area (Å²) in [6.07, 6.45) is 0.533. The third-order valence-electron chi connectivity index (χ3n) is 6.94. The molecule has 0 radical (unpaired) electrons. The highest BCUT2D eigenvalue weighted by molar-refractivity contribution is 5.89. The summed E-state index contributed by atoms with van der Waals surface area (Å²) in [5.41, 5.74) is 5.76. The number of aromatic nitrogens is 2. The quantitative estimate of drug-likeness (QED) is 0.539. The number of nitrogens with one attached hydrogen (secondary N) is 1. The molecule has 1 fully saturated rings. The number of piperidine rings is 1. The number of hydrogen-bond acceptors (Lipinski definition) is 5. The number of nitrogens with two attached hydrogens (primary N) is 1. The van der Waals surface area contributed by atoms with Gasteiger partial charge in [0.1, 0.15) is 5.82 Å². The minimum atomic E-state index is -1.14. The number of imidazole rings is 1. The van der Waals surface area contributed by atoms with Crippen molar-refractivity contribution >= 4 is 23.2 Å². The number of halogens is 1. The van der Waals surface area contributed by atoms with Crippen LogP contribution < -0.4 is 16.7 Å². The van der Waals surface area contributed by atoms with E-state index in [9.17, 15) is 18.8 Å². The summed E-state index contributed by atoms with van der Waals surface area (Å²) >= 11 is 0. The molecular weight excluding hydrogens is 465 g/mol. The van der Waals surface area contributed by atoms with Gasteiger partial charge in [0.05, 0.1) is 11.0 Å². The molecule has 0 aliphatic carbocycles. The van der Waals surface area contributed by atoms with Crippen molar-refractivity contribution in [2.45, 2.75) is 45.4 Å². The normalized spacial score (nSPS) is 16.7. The van der Waals surface area contributed by atoms with Crippen LogP contribution in [0.25, 0.3) is 11.0 Å². The number of para-hydroxylation sites is 2. The van der Waals surface area contributed by atoms with Crippen molar-refractivity contribution in [2.24, 2.45) is 11.7 Å². The van der Waals surface area contributed by atoms with E-state index in [-0.39, 0.29) is 23.5 Å². The monoisotopic (exact) mass is 497 g/mol. The van der Waals surface area contributed by atoms with E-state index in [0.29, 0.717) is 30.7 Å². The number of rotatable bonds is 6. The lowest BCUT2D eigenvalue weighted by Crippen LogP contribution is -2.52. The molecule has 1 unspecified atom stereocenters. The Labute approximate surface area is 208 Å². The predicted molar refractivity (Wildman–Crippen MR) is 134 cm³/mol. The van der Waals surface area contributed by atoms with Gasteiger partial charge < -0.3 is 15.8 Å². The Hall–Kier alpha value is -3.66. The summed E-state index contributed by atoms with van der Waals surface area (Å²) in [7, 11) is 0. The van der Waals surface area contributed by atoms with Crippen molar-refractivity contribution in [1.82, 2.24) is 19.4 Å². The molecule has 3 aromatic rings. The van der Waals surface area contributed by atoms with Crippen LogP contribution in [-0.4, -0.2) is 45.8 Å². The van der Waals surface area contributed by atoms with Crippen LogP contribution >= 0.6 is 0 Å². The van der Waals surface area contributed by atoms with Gasteiger partial charge in [-0.3, -0.25) is 9.47 Å². The van der Waals surface area contributed by atoms with E-state index in [2.05, 4.69) is 5.32 Å². The minimum Gasteiger partial charge on any atom is -0.424 e. The summed E-state index contributed by atoms with van der Waals surface area (Å²) in [6.45, 7) is 7.12. The van der Waals surface area contributed by atoms with Crippen LogP contribution in [0.4, 0.5) is 14.0 Å². The Balaban J connectivity index is 1.43. The zero-order chi connectivity index (χ0) is 26.0. The van der Waals surface area contributed by atoms with Crippen LogP contribution in [0.3, 0.4) is 0 Å². The number of amides is 2. The number of ether oxygens (including phenoxy) is 1. The highest BCUT2D eigenvalue weighted by Gasteiger charge is 2.39. The second kappa shape index (κ2) is 10.1. The van der Waals surface area contributed by atoms with Gasteiger partial charge in [0.2, 0.25) is 0 Å². The maximum Gasteiger partial charge on any atom is 0.406 e. The van der Waals surface area contributed by atoms with Gasteiger partial charge in [-0.1, -0.05) is 24.3 Å². The highest BCUT2D eigenvalue weighted by Crippen LogP contribution is 2.33. The lowest BCUT2D eigenvalue weighted by Gasteiger charge is -2.44. The lowest BCUT2D eigenvalue weighted by atomic mass is 9.93. The summed E-state index contributed by atoms with van der Waals surface area (Å²) in [5.74, 6) is -0.212. The second-order valence-electron chi connectivity index (χ2n) is 9.60. The minimum absolute atomic E-state index is 0.0844. The van der Waals surface area contributed by atoms with E-state index in [1.165, 1.54) is 16.7 Å². The molecule has 1 aliphatic rings. The number of benzene rings is 2. The molecule has 1 atom stereocenters. The van der Waals surface area contributed by atoms with Crippen molar-refractivity contribution in [3.63, 3.8) is 0 Å². The molecule has 10 heteroatoms. The molecule has 1 saturated heterocycles. The van der Waals surface area contributed by atoms with Gasteiger partial charge in [-0.05, 0) is 63.8 Å². The average molecular weight is 498 g/mol. The zero-order valence-electron chi connectivity index (χ0n) is 20.7. The van der Waals surface area contributed by atoms with Crippen molar-refractivity contribution in [3.8, 4) is 0 Å². The smallest absolute Gasteiger partial charge is 0.406 e. The van der Waals surface area contributed by atoms with Crippen LogP contribution in [0.2, 0.25) is 0 Å². The topological polar surface area (TPSA) is 112 Å². The molecule has 1 aromatic heterocycles. The molecule has 192 valence electrons. The van der Waals surface area contributed by atoms with E-state index in [1.807, 2.05) is 30.9 Å². The molecule has 9 nitrogen and oxygen atoms in total. The molecule has 2 heterocycles. The van der Waals surface area contributed by atoms with Crippen molar-refractivity contribution in [3.05, 3.63) is 70.4 Å². The maximum atomic E-state index is 13.5. The standard InChI is InChI=1S/C26H32FN5O4/c1-17(2)31-21-6-4-5-7-22(21)32(25(31)35)24(34)29-16-18-12-14-30(15-13-18)26(3,36-23(28)33)19-8-10-20(27)11-9-19/h4-11,17-18H,12-16H2,1-3H3,(H2,28,33)(H,29,34). The van der Waals surface area contributed by atoms with E-state index in [4.69, 9.17) is 10.5 Å². The van der Waals surface area contributed by atoms with Gasteiger partial charge in [-0.25, -0.2) is 23.3 Å². The number of likely N-dealkylation sites (tertiary alicyclic amines) is 1. The Morgan fingerprint density at radius 1 is 1.11 bits per heavy atom. The van der Waals surface area contributed by atoms with Crippen LogP contribution in [0, 0.1) is 11.7 Å². The fourth-order valence-corrected chi connectivity index (χ4v) is 5.00. The Bertz CT molecular complexity index is 1310. The van der Waals surface area contributed by atoms with Gasteiger partial charge >= 0.3 is 17.8 Å². The fourth-order valence-electron chi connectivity index (χ4n) is 5.00. The van der Waals surface area contributed by atoms with Crippen LogP contribution in [0.1, 0.15) is 45.2 Å². The summed E-state index contributed by atoms with van der Waals surface area (Å²) in [4.78, 5) is 39.7. The van der Waals surface area contributed by atoms with Crippen LogP contribution in [0.15, 0.2) is 53.3 Å². The number of fused-ring (bicyclic) bond motifs is 1. The number of primary amides is 1. The average Bonchev–Trinajstić information content (AvgIpc) is 3.14. The molecule has 2 amide bonds. The molecule has 0 bridgehead atoms. The molecular formula is C26H32FN5O4. The molecule has 4 rings (SSSR count). The first-order valence-corrected chi connectivity index (χ1v) is 12.1. The largest absolute Gasteiger partial charge is 0.424 e.